The van der Waals surface area contributed by atoms with Gasteiger partial charge in [-0.2, -0.15) is 0 Å². The van der Waals surface area contributed by atoms with E-state index in [1.807, 2.05) is 36.4 Å². The molecule has 1 saturated heterocycles. The second kappa shape index (κ2) is 12.6. The quantitative estimate of drug-likeness (QED) is 0.601. The van der Waals surface area contributed by atoms with E-state index in [2.05, 4.69) is 29.3 Å². The van der Waals surface area contributed by atoms with Gasteiger partial charge in [-0.3, -0.25) is 9.69 Å². The fourth-order valence-corrected chi connectivity index (χ4v) is 3.92. The van der Waals surface area contributed by atoms with Crippen LogP contribution in [0.3, 0.4) is 0 Å². The number of nitrogens with one attached hydrogen (secondary N) is 1. The van der Waals surface area contributed by atoms with E-state index < -0.39 is 6.10 Å². The van der Waals surface area contributed by atoms with Crippen molar-refractivity contribution in [1.29, 1.82) is 0 Å². The topological polar surface area (TPSA) is 50.8 Å². The van der Waals surface area contributed by atoms with Gasteiger partial charge in [0.2, 0.25) is 0 Å². The molecule has 0 radical (unpaired) electrons. The Balaban J connectivity index is 0.00000341. The lowest BCUT2D eigenvalue weighted by atomic mass is 10.0. The summed E-state index contributed by atoms with van der Waals surface area (Å²) in [6, 6.07) is 16.2. The third-order valence-electron chi connectivity index (χ3n) is 5.82. The van der Waals surface area contributed by atoms with Gasteiger partial charge in [0.15, 0.2) is 6.10 Å². The Hall–Kier alpha value is -2.24. The van der Waals surface area contributed by atoms with Crippen LogP contribution in [0.25, 0.3) is 0 Å². The fraction of sp³-hybridized carbons (Fsp3) is 0.480. The number of carbonyl (C=O) groups is 1. The molecule has 0 saturated carbocycles. The van der Waals surface area contributed by atoms with E-state index in [9.17, 15) is 4.79 Å². The molecule has 0 aliphatic carbocycles. The average molecular weight is 447 g/mol. The summed E-state index contributed by atoms with van der Waals surface area (Å²) in [7, 11) is 1.68. The van der Waals surface area contributed by atoms with Crippen molar-refractivity contribution in [2.45, 2.75) is 51.7 Å². The molecule has 1 N–H and O–H groups in total. The van der Waals surface area contributed by atoms with Crippen molar-refractivity contribution in [3.63, 3.8) is 0 Å². The van der Waals surface area contributed by atoms with Crippen LogP contribution in [0.2, 0.25) is 0 Å². The van der Waals surface area contributed by atoms with Gasteiger partial charge in [-0.05, 0) is 74.7 Å². The minimum absolute atomic E-state index is 0. The molecule has 0 aromatic heterocycles. The van der Waals surface area contributed by atoms with Crippen LogP contribution < -0.4 is 14.8 Å². The Labute approximate surface area is 192 Å². The molecule has 0 bridgehead atoms. The Bertz CT molecular complexity index is 789. The van der Waals surface area contributed by atoms with Crippen molar-refractivity contribution in [3.05, 3.63) is 59.7 Å². The number of amides is 1. The lowest BCUT2D eigenvalue weighted by molar-refractivity contribution is -0.127. The zero-order valence-electron chi connectivity index (χ0n) is 18.8. The van der Waals surface area contributed by atoms with Gasteiger partial charge in [-0.25, -0.2) is 0 Å². The number of hydrogen-bond donors (Lipinski definition) is 1. The Morgan fingerprint density at radius 2 is 1.61 bits per heavy atom. The molecule has 2 aromatic rings. The van der Waals surface area contributed by atoms with Crippen LogP contribution in [0, 0.1) is 0 Å². The molecule has 1 aliphatic rings. The van der Waals surface area contributed by atoms with Gasteiger partial charge in [0.1, 0.15) is 11.5 Å². The highest BCUT2D eigenvalue weighted by atomic mass is 35.5. The lowest BCUT2D eigenvalue weighted by Crippen LogP contribution is -2.43. The molecule has 0 spiro atoms. The van der Waals surface area contributed by atoms with E-state index >= 15 is 0 Å². The van der Waals surface area contributed by atoms with Gasteiger partial charge in [-0.1, -0.05) is 37.6 Å². The highest BCUT2D eigenvalue weighted by Gasteiger charge is 2.24. The van der Waals surface area contributed by atoms with Crippen molar-refractivity contribution in [2.24, 2.45) is 0 Å². The van der Waals surface area contributed by atoms with Gasteiger partial charge in [0, 0.05) is 6.54 Å². The molecule has 6 heteroatoms. The summed E-state index contributed by atoms with van der Waals surface area (Å²) in [6.07, 6.45) is 4.12. The first kappa shape index (κ1) is 25.0. The molecular formula is C25H35ClN2O3. The smallest absolute Gasteiger partial charge is 0.260 e. The van der Waals surface area contributed by atoms with Crippen molar-refractivity contribution >= 4 is 18.3 Å². The first-order valence-corrected chi connectivity index (χ1v) is 11.0. The van der Waals surface area contributed by atoms with E-state index in [0.29, 0.717) is 6.54 Å². The van der Waals surface area contributed by atoms with Gasteiger partial charge in [0.25, 0.3) is 5.91 Å². The van der Waals surface area contributed by atoms with Gasteiger partial charge in [-0.15, -0.1) is 12.4 Å². The number of rotatable bonds is 9. The van der Waals surface area contributed by atoms with Gasteiger partial charge < -0.3 is 14.8 Å². The molecule has 31 heavy (non-hydrogen) atoms. The zero-order valence-corrected chi connectivity index (χ0v) is 19.6. The van der Waals surface area contributed by atoms with Crippen LogP contribution >= 0.6 is 12.4 Å². The highest BCUT2D eigenvalue weighted by Crippen LogP contribution is 2.26. The molecule has 1 amide bonds. The summed E-state index contributed by atoms with van der Waals surface area (Å²) in [6.45, 7) is 6.60. The van der Waals surface area contributed by atoms with Crippen molar-refractivity contribution in [2.75, 3.05) is 26.7 Å². The molecule has 1 heterocycles. The molecule has 1 fully saturated rings. The van der Waals surface area contributed by atoms with E-state index in [0.717, 1.165) is 31.0 Å². The number of piperidine rings is 1. The Morgan fingerprint density at radius 3 is 2.19 bits per heavy atom. The van der Waals surface area contributed by atoms with Crippen LogP contribution in [0.1, 0.15) is 50.3 Å². The maximum absolute atomic E-state index is 12.7. The predicted molar refractivity (Wildman–Crippen MR) is 127 cm³/mol. The van der Waals surface area contributed by atoms with Crippen LogP contribution in [-0.2, 0) is 11.2 Å². The van der Waals surface area contributed by atoms with Crippen LogP contribution in [0.5, 0.6) is 11.5 Å². The van der Waals surface area contributed by atoms with E-state index in [-0.39, 0.29) is 24.4 Å². The molecule has 1 aliphatic heterocycles. The van der Waals surface area contributed by atoms with Crippen LogP contribution in [0.15, 0.2) is 48.5 Å². The molecule has 170 valence electrons. The largest absolute Gasteiger partial charge is 0.497 e. The third-order valence-corrected chi connectivity index (χ3v) is 5.82. The predicted octanol–water partition coefficient (Wildman–Crippen LogP) is 4.79. The second-order valence-electron chi connectivity index (χ2n) is 7.89. The number of aryl methyl sites for hydroxylation is 1. The molecule has 5 nitrogen and oxygen atoms in total. The number of benzene rings is 2. The maximum atomic E-state index is 12.7. The van der Waals surface area contributed by atoms with Crippen LogP contribution in [0.4, 0.5) is 0 Å². The minimum atomic E-state index is -0.546. The maximum Gasteiger partial charge on any atom is 0.260 e. The Morgan fingerprint density at radius 1 is 1.00 bits per heavy atom. The molecule has 2 unspecified atom stereocenters. The van der Waals surface area contributed by atoms with Gasteiger partial charge in [0.05, 0.1) is 13.2 Å². The number of methoxy groups -OCH3 is 1. The summed E-state index contributed by atoms with van der Waals surface area (Å²) >= 11 is 0. The molecule has 2 aromatic carbocycles. The number of ether oxygens (including phenoxy) is 2. The molecule has 3 rings (SSSR count). The van der Waals surface area contributed by atoms with Gasteiger partial charge >= 0.3 is 0 Å². The SMILES string of the molecule is CCc1ccc(OC(C)C(=O)NCC(c2ccc(OC)cc2)N2CCCCC2)cc1.Cl. The number of nitrogens with zero attached hydrogens (tertiary/aromatic N) is 1. The third kappa shape index (κ3) is 7.15. The summed E-state index contributed by atoms with van der Waals surface area (Å²) < 4.78 is 11.1. The summed E-state index contributed by atoms with van der Waals surface area (Å²) in [5, 5.41) is 3.11. The van der Waals surface area contributed by atoms with Crippen molar-refractivity contribution in [3.8, 4) is 11.5 Å². The zero-order chi connectivity index (χ0) is 21.3. The van der Waals surface area contributed by atoms with E-state index in [1.165, 1.54) is 30.4 Å². The van der Waals surface area contributed by atoms with Crippen molar-refractivity contribution < 1.29 is 14.3 Å². The monoisotopic (exact) mass is 446 g/mol. The summed E-state index contributed by atoms with van der Waals surface area (Å²) in [5.74, 6) is 1.47. The number of halogens is 1. The first-order chi connectivity index (χ1) is 14.6. The summed E-state index contributed by atoms with van der Waals surface area (Å²) in [4.78, 5) is 15.2. The number of carbonyl (C=O) groups excluding carboxylic acids is 1. The van der Waals surface area contributed by atoms with Crippen LogP contribution in [-0.4, -0.2) is 43.7 Å². The normalized spacial score (nSPS) is 16.0. The minimum Gasteiger partial charge on any atom is -0.497 e. The Kier molecular flexibility index (Phi) is 10.2. The van der Waals surface area contributed by atoms with E-state index in [4.69, 9.17) is 9.47 Å². The van der Waals surface area contributed by atoms with E-state index in [1.54, 1.807) is 14.0 Å². The molecular weight excluding hydrogens is 412 g/mol. The fourth-order valence-electron chi connectivity index (χ4n) is 3.92. The average Bonchev–Trinajstić information content (AvgIpc) is 2.80. The second-order valence-corrected chi connectivity index (χ2v) is 7.89. The lowest BCUT2D eigenvalue weighted by Gasteiger charge is -2.35. The first-order valence-electron chi connectivity index (χ1n) is 11.0. The van der Waals surface area contributed by atoms with Crippen molar-refractivity contribution in [1.82, 2.24) is 10.2 Å². The number of likely N-dealkylation sites (tertiary alicyclic amines) is 1. The standard InChI is InChI=1S/C25H34N2O3.ClH/c1-4-20-8-12-23(13-9-20)30-19(2)25(28)26-18-24(27-16-6-5-7-17-27)21-10-14-22(29-3)15-11-21;/h8-15,19,24H,4-7,16-18H2,1-3H3,(H,26,28);1H. The highest BCUT2D eigenvalue weighted by molar-refractivity contribution is 5.85. The number of hydrogen-bond acceptors (Lipinski definition) is 4. The summed E-state index contributed by atoms with van der Waals surface area (Å²) in [5.41, 5.74) is 2.45. The molecule has 2 atom stereocenters.